The number of sulfonamides is 1. The average Bonchev–Trinajstić information content (AvgIpc) is 2.92. The van der Waals surface area contributed by atoms with Crippen molar-refractivity contribution in [3.63, 3.8) is 0 Å². The van der Waals surface area contributed by atoms with Gasteiger partial charge in [-0.3, -0.25) is 4.79 Å². The van der Waals surface area contributed by atoms with Gasteiger partial charge in [-0.05, 0) is 37.8 Å². The van der Waals surface area contributed by atoms with Gasteiger partial charge in [-0.15, -0.1) is 11.3 Å². The molecule has 2 aliphatic heterocycles. The maximum atomic E-state index is 12.1. The molecule has 0 saturated carbocycles. The Morgan fingerprint density at radius 3 is 2.43 bits per heavy atom. The molecular formula is C13H17ClN2O3S2. The molecule has 5 nitrogen and oxygen atoms in total. The number of nitrogens with one attached hydrogen (secondary N) is 1. The van der Waals surface area contributed by atoms with Crippen LogP contribution in [0.4, 0.5) is 0 Å². The number of halogens is 1. The predicted octanol–water partition coefficient (Wildman–Crippen LogP) is 2.09. The van der Waals surface area contributed by atoms with Gasteiger partial charge in [0.05, 0.1) is 15.5 Å². The number of rotatable bonds is 3. The van der Waals surface area contributed by atoms with E-state index >= 15 is 0 Å². The molecule has 0 aliphatic carbocycles. The Bertz CT molecular complexity index is 644. The van der Waals surface area contributed by atoms with Crippen molar-refractivity contribution in [3.05, 3.63) is 21.3 Å². The van der Waals surface area contributed by atoms with E-state index in [1.54, 1.807) is 16.4 Å². The fourth-order valence-corrected chi connectivity index (χ4v) is 5.90. The van der Waals surface area contributed by atoms with E-state index in [1.165, 1.54) is 17.6 Å². The summed E-state index contributed by atoms with van der Waals surface area (Å²) in [6.07, 6.45) is 4.41. The second kappa shape index (κ2) is 5.53. The van der Waals surface area contributed by atoms with Crippen molar-refractivity contribution in [2.75, 3.05) is 6.26 Å². The van der Waals surface area contributed by atoms with Crippen LogP contribution in [0.15, 0.2) is 12.1 Å². The summed E-state index contributed by atoms with van der Waals surface area (Å²) in [6.45, 7) is 0. The van der Waals surface area contributed by atoms with Gasteiger partial charge in [0, 0.05) is 18.1 Å². The highest BCUT2D eigenvalue weighted by Crippen LogP contribution is 2.37. The van der Waals surface area contributed by atoms with Crippen LogP contribution < -0.4 is 5.32 Å². The van der Waals surface area contributed by atoms with Gasteiger partial charge >= 0.3 is 0 Å². The number of fused-ring (bicyclic) bond motifs is 2. The normalized spacial score (nSPS) is 29.5. The highest BCUT2D eigenvalue weighted by Gasteiger charge is 2.45. The number of hydrogen-bond acceptors (Lipinski definition) is 4. The Morgan fingerprint density at radius 1 is 1.33 bits per heavy atom. The van der Waals surface area contributed by atoms with Gasteiger partial charge in [0.1, 0.15) is 0 Å². The first-order valence-corrected chi connectivity index (χ1v) is 9.93. The van der Waals surface area contributed by atoms with E-state index in [4.69, 9.17) is 11.6 Å². The summed E-state index contributed by atoms with van der Waals surface area (Å²) in [5.41, 5.74) is 0. The lowest BCUT2D eigenvalue weighted by Crippen LogP contribution is -2.52. The van der Waals surface area contributed by atoms with Crippen molar-refractivity contribution < 1.29 is 13.2 Å². The molecule has 2 unspecified atom stereocenters. The third-order valence-electron chi connectivity index (χ3n) is 4.18. The maximum absolute atomic E-state index is 12.1. The molecule has 1 amide bonds. The summed E-state index contributed by atoms with van der Waals surface area (Å²) < 4.78 is 25.9. The molecule has 0 spiro atoms. The summed E-state index contributed by atoms with van der Waals surface area (Å²) in [4.78, 5) is 12.7. The van der Waals surface area contributed by atoms with Crippen LogP contribution in [0.1, 0.15) is 35.4 Å². The third-order valence-corrected chi connectivity index (χ3v) is 6.77. The molecule has 3 rings (SSSR count). The van der Waals surface area contributed by atoms with E-state index in [1.807, 2.05) is 0 Å². The number of carbonyl (C=O) groups excluding carboxylic acids is 1. The fourth-order valence-electron chi connectivity index (χ4n) is 3.49. The van der Waals surface area contributed by atoms with E-state index in [2.05, 4.69) is 5.32 Å². The van der Waals surface area contributed by atoms with Crippen LogP contribution >= 0.6 is 22.9 Å². The molecule has 116 valence electrons. The topological polar surface area (TPSA) is 66.5 Å². The van der Waals surface area contributed by atoms with Gasteiger partial charge in [-0.2, -0.15) is 4.31 Å². The van der Waals surface area contributed by atoms with Crippen molar-refractivity contribution in [1.82, 2.24) is 9.62 Å². The minimum atomic E-state index is -3.16. The Labute approximate surface area is 133 Å². The first-order valence-electron chi connectivity index (χ1n) is 6.89. The Balaban J connectivity index is 1.67. The zero-order valence-corrected chi connectivity index (χ0v) is 14.0. The molecule has 0 aromatic carbocycles. The smallest absolute Gasteiger partial charge is 0.261 e. The Morgan fingerprint density at radius 2 is 1.95 bits per heavy atom. The summed E-state index contributed by atoms with van der Waals surface area (Å²) >= 11 is 7.09. The van der Waals surface area contributed by atoms with Gasteiger partial charge in [0.25, 0.3) is 5.91 Å². The molecule has 1 aromatic heterocycles. The highest BCUT2D eigenvalue weighted by atomic mass is 35.5. The molecule has 1 aromatic rings. The number of hydrogen-bond donors (Lipinski definition) is 1. The van der Waals surface area contributed by atoms with Gasteiger partial charge in [0.15, 0.2) is 0 Å². The molecule has 2 bridgehead atoms. The first-order chi connectivity index (χ1) is 9.84. The van der Waals surface area contributed by atoms with Crippen molar-refractivity contribution in [2.45, 2.75) is 43.8 Å². The minimum Gasteiger partial charge on any atom is -0.348 e. The van der Waals surface area contributed by atoms with Crippen LogP contribution in [0.3, 0.4) is 0 Å². The minimum absolute atomic E-state index is 0.0240. The predicted molar refractivity (Wildman–Crippen MR) is 83.3 cm³/mol. The second-order valence-corrected chi connectivity index (χ2v) is 9.33. The quantitative estimate of drug-likeness (QED) is 0.909. The van der Waals surface area contributed by atoms with Crippen LogP contribution in [0, 0.1) is 0 Å². The second-order valence-electron chi connectivity index (χ2n) is 5.72. The summed E-state index contributed by atoms with van der Waals surface area (Å²) in [5, 5.41) is 3.01. The Hall–Kier alpha value is -0.630. The lowest BCUT2D eigenvalue weighted by Gasteiger charge is -2.37. The molecule has 21 heavy (non-hydrogen) atoms. The van der Waals surface area contributed by atoms with Gasteiger partial charge < -0.3 is 5.32 Å². The lowest BCUT2D eigenvalue weighted by atomic mass is 10.00. The van der Waals surface area contributed by atoms with Crippen molar-refractivity contribution >= 4 is 38.9 Å². The van der Waals surface area contributed by atoms with E-state index < -0.39 is 10.0 Å². The molecule has 2 atom stereocenters. The fraction of sp³-hybridized carbons (Fsp3) is 0.615. The molecule has 1 N–H and O–H groups in total. The highest BCUT2D eigenvalue weighted by molar-refractivity contribution is 7.88. The van der Waals surface area contributed by atoms with E-state index in [9.17, 15) is 13.2 Å². The van der Waals surface area contributed by atoms with E-state index in [0.29, 0.717) is 22.1 Å². The largest absolute Gasteiger partial charge is 0.348 e. The van der Waals surface area contributed by atoms with Crippen LogP contribution in [-0.4, -0.2) is 43.0 Å². The standard InChI is InChI=1S/C13H17ClN2O3S2/c1-21(18,19)16-9-2-3-10(16)7-8(6-9)15-13(17)11-4-5-12(14)20-11/h4-5,8-10H,2-3,6-7H2,1H3,(H,15,17). The van der Waals surface area contributed by atoms with Crippen LogP contribution in [0.2, 0.25) is 4.34 Å². The molecule has 8 heteroatoms. The average molecular weight is 349 g/mol. The number of carbonyl (C=O) groups is 1. The van der Waals surface area contributed by atoms with E-state index in [-0.39, 0.29) is 24.0 Å². The van der Waals surface area contributed by atoms with Crippen molar-refractivity contribution in [3.8, 4) is 0 Å². The van der Waals surface area contributed by atoms with Crippen molar-refractivity contribution in [1.29, 1.82) is 0 Å². The number of thiophene rings is 1. The molecule has 2 fully saturated rings. The molecular weight excluding hydrogens is 332 g/mol. The number of piperidine rings is 1. The lowest BCUT2D eigenvalue weighted by molar-refractivity contribution is 0.0913. The third kappa shape index (κ3) is 3.11. The van der Waals surface area contributed by atoms with Crippen molar-refractivity contribution in [2.24, 2.45) is 0 Å². The van der Waals surface area contributed by atoms with Gasteiger partial charge in [0.2, 0.25) is 10.0 Å². The SMILES string of the molecule is CS(=O)(=O)N1C2CCC1CC(NC(=O)c1ccc(Cl)s1)C2. The Kier molecular flexibility index (Phi) is 4.02. The number of amides is 1. The molecule has 3 heterocycles. The van der Waals surface area contributed by atoms with Gasteiger partial charge in [-0.25, -0.2) is 8.42 Å². The first kappa shape index (κ1) is 15.3. The number of nitrogens with zero attached hydrogens (tertiary/aromatic N) is 1. The summed E-state index contributed by atoms with van der Waals surface area (Å²) in [5.74, 6) is -0.121. The maximum Gasteiger partial charge on any atom is 0.261 e. The van der Waals surface area contributed by atoms with E-state index in [0.717, 1.165) is 12.8 Å². The van der Waals surface area contributed by atoms with Crippen LogP contribution in [0.25, 0.3) is 0 Å². The zero-order valence-electron chi connectivity index (χ0n) is 11.6. The summed E-state index contributed by atoms with van der Waals surface area (Å²) in [6, 6.07) is 3.50. The van der Waals surface area contributed by atoms with Gasteiger partial charge in [-0.1, -0.05) is 11.6 Å². The van der Waals surface area contributed by atoms with Crippen LogP contribution in [-0.2, 0) is 10.0 Å². The molecule has 2 saturated heterocycles. The zero-order chi connectivity index (χ0) is 15.2. The molecule has 0 radical (unpaired) electrons. The summed E-state index contributed by atoms with van der Waals surface area (Å²) in [7, 11) is -3.16. The monoisotopic (exact) mass is 348 g/mol. The van der Waals surface area contributed by atoms with Crippen LogP contribution in [0.5, 0.6) is 0 Å². The molecule has 2 aliphatic rings.